The predicted octanol–water partition coefficient (Wildman–Crippen LogP) is 3.58. The Morgan fingerprint density at radius 2 is 2.00 bits per heavy atom. The molecule has 2 N–H and O–H groups in total. The summed E-state index contributed by atoms with van der Waals surface area (Å²) in [7, 11) is 0. The molecule has 0 aliphatic carbocycles. The maximum absolute atomic E-state index is 6.26. The van der Waals surface area contributed by atoms with Crippen LogP contribution >= 0.6 is 11.6 Å². The predicted molar refractivity (Wildman–Crippen MR) is 78.1 cm³/mol. The quantitative estimate of drug-likeness (QED) is 0.857. The summed E-state index contributed by atoms with van der Waals surface area (Å²) in [5.74, 6) is 0.407. The summed E-state index contributed by atoms with van der Waals surface area (Å²) in [4.78, 5) is 0. The molecule has 1 aromatic carbocycles. The van der Waals surface area contributed by atoms with E-state index in [0.717, 1.165) is 17.0 Å². The van der Waals surface area contributed by atoms with Crippen molar-refractivity contribution < 1.29 is 4.74 Å². The lowest BCUT2D eigenvalue weighted by atomic mass is 9.94. The molecule has 2 atom stereocenters. The summed E-state index contributed by atoms with van der Waals surface area (Å²) >= 11 is 6.24. The average molecular weight is 270 g/mol. The van der Waals surface area contributed by atoms with Crippen LogP contribution in [0.5, 0.6) is 0 Å². The SMILES string of the molecule is CCOC(C(C)C)C(N)Cc1ccc(C)cc1Cl. The van der Waals surface area contributed by atoms with Crippen LogP contribution in [0, 0.1) is 12.8 Å². The molecule has 0 saturated heterocycles. The second-order valence-corrected chi connectivity index (χ2v) is 5.53. The van der Waals surface area contributed by atoms with E-state index < -0.39 is 0 Å². The zero-order chi connectivity index (χ0) is 13.7. The second kappa shape index (κ2) is 7.13. The molecule has 3 heteroatoms. The molecule has 0 radical (unpaired) electrons. The minimum Gasteiger partial charge on any atom is -0.377 e. The van der Waals surface area contributed by atoms with Crippen molar-refractivity contribution in [3.8, 4) is 0 Å². The van der Waals surface area contributed by atoms with Crippen molar-refractivity contribution in [2.75, 3.05) is 6.61 Å². The molecule has 18 heavy (non-hydrogen) atoms. The summed E-state index contributed by atoms with van der Waals surface area (Å²) < 4.78 is 5.73. The van der Waals surface area contributed by atoms with Gasteiger partial charge in [-0.05, 0) is 43.4 Å². The number of hydrogen-bond donors (Lipinski definition) is 1. The molecular formula is C15H24ClNO. The van der Waals surface area contributed by atoms with Gasteiger partial charge in [0.15, 0.2) is 0 Å². The van der Waals surface area contributed by atoms with Crippen LogP contribution in [0.2, 0.25) is 5.02 Å². The topological polar surface area (TPSA) is 35.2 Å². The van der Waals surface area contributed by atoms with E-state index in [2.05, 4.69) is 26.0 Å². The number of nitrogens with two attached hydrogens (primary N) is 1. The number of halogens is 1. The molecule has 0 saturated carbocycles. The van der Waals surface area contributed by atoms with E-state index in [1.54, 1.807) is 0 Å². The van der Waals surface area contributed by atoms with Crippen molar-refractivity contribution >= 4 is 11.6 Å². The Labute approximate surface area is 115 Å². The Bertz CT molecular complexity index is 379. The molecule has 2 nitrogen and oxygen atoms in total. The third kappa shape index (κ3) is 4.27. The van der Waals surface area contributed by atoms with E-state index >= 15 is 0 Å². The fraction of sp³-hybridized carbons (Fsp3) is 0.600. The van der Waals surface area contributed by atoms with Crippen LogP contribution in [-0.2, 0) is 11.2 Å². The van der Waals surface area contributed by atoms with Gasteiger partial charge in [-0.3, -0.25) is 0 Å². The molecule has 102 valence electrons. The van der Waals surface area contributed by atoms with E-state index in [0.29, 0.717) is 12.5 Å². The largest absolute Gasteiger partial charge is 0.377 e. The molecule has 1 aromatic rings. The fourth-order valence-electron chi connectivity index (χ4n) is 2.19. The van der Waals surface area contributed by atoms with Crippen LogP contribution in [0.25, 0.3) is 0 Å². The molecule has 2 unspecified atom stereocenters. The van der Waals surface area contributed by atoms with Gasteiger partial charge in [0, 0.05) is 17.7 Å². The maximum atomic E-state index is 6.26. The lowest BCUT2D eigenvalue weighted by Gasteiger charge is -2.27. The second-order valence-electron chi connectivity index (χ2n) is 5.13. The zero-order valence-corrected chi connectivity index (χ0v) is 12.5. The number of rotatable bonds is 6. The Morgan fingerprint density at radius 1 is 1.33 bits per heavy atom. The van der Waals surface area contributed by atoms with E-state index in [4.69, 9.17) is 22.1 Å². The van der Waals surface area contributed by atoms with Crippen molar-refractivity contribution in [3.63, 3.8) is 0 Å². The van der Waals surface area contributed by atoms with E-state index in [1.807, 2.05) is 19.9 Å². The van der Waals surface area contributed by atoms with Crippen molar-refractivity contribution in [1.29, 1.82) is 0 Å². The van der Waals surface area contributed by atoms with Gasteiger partial charge in [0.2, 0.25) is 0 Å². The van der Waals surface area contributed by atoms with Gasteiger partial charge in [0.1, 0.15) is 0 Å². The summed E-state index contributed by atoms with van der Waals surface area (Å²) in [6.45, 7) is 9.00. The number of ether oxygens (including phenoxy) is 1. The standard InChI is InChI=1S/C15H24ClNO/c1-5-18-15(10(2)3)14(17)9-12-7-6-11(4)8-13(12)16/h6-8,10,14-15H,5,9,17H2,1-4H3. The van der Waals surface area contributed by atoms with Crippen LogP contribution in [0.3, 0.4) is 0 Å². The molecule has 1 rings (SSSR count). The lowest BCUT2D eigenvalue weighted by molar-refractivity contribution is 0.0128. The Kier molecular flexibility index (Phi) is 6.13. The Morgan fingerprint density at radius 3 is 2.50 bits per heavy atom. The third-order valence-electron chi connectivity index (χ3n) is 3.10. The van der Waals surface area contributed by atoms with Crippen LogP contribution in [0.4, 0.5) is 0 Å². The number of benzene rings is 1. The summed E-state index contributed by atoms with van der Waals surface area (Å²) in [5, 5.41) is 0.796. The highest BCUT2D eigenvalue weighted by atomic mass is 35.5. The molecule has 0 fully saturated rings. The highest BCUT2D eigenvalue weighted by Crippen LogP contribution is 2.21. The third-order valence-corrected chi connectivity index (χ3v) is 3.45. The lowest BCUT2D eigenvalue weighted by Crippen LogP contribution is -2.42. The first-order chi connectivity index (χ1) is 8.45. The van der Waals surface area contributed by atoms with Crippen molar-refractivity contribution in [1.82, 2.24) is 0 Å². The van der Waals surface area contributed by atoms with Gasteiger partial charge in [-0.2, -0.15) is 0 Å². The van der Waals surface area contributed by atoms with Gasteiger partial charge in [-0.15, -0.1) is 0 Å². The first-order valence-electron chi connectivity index (χ1n) is 6.58. The monoisotopic (exact) mass is 269 g/mol. The average Bonchev–Trinajstić information content (AvgIpc) is 2.29. The smallest absolute Gasteiger partial charge is 0.0751 e. The fourth-order valence-corrected chi connectivity index (χ4v) is 2.50. The molecular weight excluding hydrogens is 246 g/mol. The molecule has 0 amide bonds. The minimum absolute atomic E-state index is 0.0230. The molecule has 0 aliphatic rings. The minimum atomic E-state index is -0.0230. The number of aryl methyl sites for hydroxylation is 1. The van der Waals surface area contributed by atoms with Crippen LogP contribution in [-0.4, -0.2) is 18.8 Å². The van der Waals surface area contributed by atoms with E-state index in [1.165, 1.54) is 5.56 Å². The Hall–Kier alpha value is -0.570. The van der Waals surface area contributed by atoms with Gasteiger partial charge >= 0.3 is 0 Å². The summed E-state index contributed by atoms with van der Waals surface area (Å²) in [5.41, 5.74) is 8.53. The first-order valence-corrected chi connectivity index (χ1v) is 6.95. The number of hydrogen-bond acceptors (Lipinski definition) is 2. The maximum Gasteiger partial charge on any atom is 0.0751 e. The molecule has 0 spiro atoms. The van der Waals surface area contributed by atoms with Crippen LogP contribution < -0.4 is 5.73 Å². The molecule has 0 heterocycles. The van der Waals surface area contributed by atoms with Crippen LogP contribution in [0.15, 0.2) is 18.2 Å². The van der Waals surface area contributed by atoms with E-state index in [9.17, 15) is 0 Å². The molecule has 0 bridgehead atoms. The van der Waals surface area contributed by atoms with Crippen molar-refractivity contribution in [2.45, 2.75) is 46.3 Å². The van der Waals surface area contributed by atoms with Gasteiger partial charge in [-0.1, -0.05) is 37.6 Å². The zero-order valence-electron chi connectivity index (χ0n) is 11.7. The Balaban J connectivity index is 2.75. The first kappa shape index (κ1) is 15.5. The highest BCUT2D eigenvalue weighted by Gasteiger charge is 2.22. The van der Waals surface area contributed by atoms with Gasteiger partial charge in [0.05, 0.1) is 6.10 Å². The summed E-state index contributed by atoms with van der Waals surface area (Å²) in [6, 6.07) is 6.08. The highest BCUT2D eigenvalue weighted by molar-refractivity contribution is 6.31. The van der Waals surface area contributed by atoms with E-state index in [-0.39, 0.29) is 12.1 Å². The van der Waals surface area contributed by atoms with Crippen LogP contribution in [0.1, 0.15) is 31.9 Å². The van der Waals surface area contributed by atoms with Crippen molar-refractivity contribution in [2.24, 2.45) is 11.7 Å². The normalized spacial score (nSPS) is 14.8. The van der Waals surface area contributed by atoms with Gasteiger partial charge < -0.3 is 10.5 Å². The van der Waals surface area contributed by atoms with Crippen molar-refractivity contribution in [3.05, 3.63) is 34.3 Å². The summed E-state index contributed by atoms with van der Waals surface area (Å²) in [6.07, 6.45) is 0.828. The molecule has 0 aromatic heterocycles. The molecule has 0 aliphatic heterocycles. The van der Waals surface area contributed by atoms with Gasteiger partial charge in [0.25, 0.3) is 0 Å². The van der Waals surface area contributed by atoms with Gasteiger partial charge in [-0.25, -0.2) is 0 Å².